The Balaban J connectivity index is 1.23. The molecule has 3 aliphatic rings. The summed E-state index contributed by atoms with van der Waals surface area (Å²) in [6, 6.07) is 6.44. The largest absolute Gasteiger partial charge is 0.396 e. The van der Waals surface area contributed by atoms with E-state index in [0.29, 0.717) is 24.2 Å². The predicted octanol–water partition coefficient (Wildman–Crippen LogP) is 2.40. The van der Waals surface area contributed by atoms with Crippen molar-refractivity contribution in [2.75, 3.05) is 32.8 Å². The van der Waals surface area contributed by atoms with E-state index in [-0.39, 0.29) is 12.0 Å². The van der Waals surface area contributed by atoms with Crippen LogP contribution < -0.4 is 0 Å². The highest BCUT2D eigenvalue weighted by molar-refractivity contribution is 5.78. The van der Waals surface area contributed by atoms with Gasteiger partial charge in [0.1, 0.15) is 0 Å². The monoisotopic (exact) mass is 382 g/mol. The first-order valence-electron chi connectivity index (χ1n) is 10.7. The van der Waals surface area contributed by atoms with Crippen LogP contribution in [-0.2, 0) is 11.3 Å². The molecule has 2 aliphatic heterocycles. The van der Waals surface area contributed by atoms with Crippen LogP contribution in [0.1, 0.15) is 37.7 Å². The Morgan fingerprint density at radius 1 is 1.25 bits per heavy atom. The van der Waals surface area contributed by atoms with E-state index in [4.69, 9.17) is 0 Å². The van der Waals surface area contributed by atoms with E-state index < -0.39 is 0 Å². The van der Waals surface area contributed by atoms with Crippen LogP contribution in [-0.4, -0.2) is 63.8 Å². The van der Waals surface area contributed by atoms with Gasteiger partial charge < -0.3 is 10.0 Å². The Labute approximate surface area is 165 Å². The van der Waals surface area contributed by atoms with Crippen molar-refractivity contribution in [3.05, 3.63) is 30.0 Å². The van der Waals surface area contributed by atoms with Gasteiger partial charge >= 0.3 is 0 Å². The summed E-state index contributed by atoms with van der Waals surface area (Å²) < 4.78 is 0. The number of amides is 1. The Hall–Kier alpha value is -1.92. The van der Waals surface area contributed by atoms with Gasteiger partial charge in [0.05, 0.1) is 18.3 Å². The average Bonchev–Trinajstić information content (AvgIpc) is 3.44. The van der Waals surface area contributed by atoms with Crippen molar-refractivity contribution in [3.63, 3.8) is 0 Å². The number of benzene rings is 1. The maximum Gasteiger partial charge on any atom is 0.222 e. The van der Waals surface area contributed by atoms with Crippen molar-refractivity contribution < 1.29 is 9.90 Å². The van der Waals surface area contributed by atoms with Crippen molar-refractivity contribution >= 4 is 16.8 Å². The highest BCUT2D eigenvalue weighted by Crippen LogP contribution is 2.43. The number of carbonyl (C=O) groups is 1. The summed E-state index contributed by atoms with van der Waals surface area (Å²) in [6.45, 7) is 4.39. The van der Waals surface area contributed by atoms with E-state index in [1.807, 2.05) is 11.1 Å². The molecule has 5 rings (SSSR count). The minimum atomic E-state index is -0.149. The molecule has 3 heterocycles. The summed E-state index contributed by atoms with van der Waals surface area (Å²) in [5.41, 5.74) is 2.18. The molecular formula is C22H30N4O2. The van der Waals surface area contributed by atoms with Gasteiger partial charge in [-0.25, -0.2) is 0 Å². The lowest BCUT2D eigenvalue weighted by atomic mass is 9.82. The summed E-state index contributed by atoms with van der Waals surface area (Å²) in [5.74, 6) is 1.28. The van der Waals surface area contributed by atoms with Crippen molar-refractivity contribution in [1.29, 1.82) is 0 Å². The van der Waals surface area contributed by atoms with E-state index in [1.54, 1.807) is 0 Å². The molecule has 28 heavy (non-hydrogen) atoms. The molecule has 1 aromatic heterocycles. The molecular weight excluding hydrogens is 352 g/mol. The fourth-order valence-corrected chi connectivity index (χ4v) is 5.76. The van der Waals surface area contributed by atoms with Gasteiger partial charge in [-0.05, 0) is 36.3 Å². The normalized spacial score (nSPS) is 28.5. The van der Waals surface area contributed by atoms with Crippen LogP contribution in [0, 0.1) is 17.3 Å². The second-order valence-electron chi connectivity index (χ2n) is 9.31. The number of nitrogens with one attached hydrogen (secondary N) is 1. The van der Waals surface area contributed by atoms with Crippen LogP contribution in [0.15, 0.2) is 24.4 Å². The lowest BCUT2D eigenvalue weighted by Crippen LogP contribution is -2.39. The van der Waals surface area contributed by atoms with E-state index in [2.05, 4.69) is 33.3 Å². The van der Waals surface area contributed by atoms with Gasteiger partial charge in [-0.2, -0.15) is 5.10 Å². The summed E-state index contributed by atoms with van der Waals surface area (Å²) >= 11 is 0. The topological polar surface area (TPSA) is 72.5 Å². The first-order chi connectivity index (χ1) is 13.6. The van der Waals surface area contributed by atoms with Gasteiger partial charge in [0.2, 0.25) is 5.91 Å². The number of fused-ring (bicyclic) bond motifs is 2. The molecule has 2 saturated heterocycles. The number of H-pyrrole nitrogens is 1. The summed E-state index contributed by atoms with van der Waals surface area (Å²) in [7, 11) is 0. The predicted molar refractivity (Wildman–Crippen MR) is 108 cm³/mol. The molecule has 0 unspecified atom stereocenters. The number of nitrogens with zero attached hydrogens (tertiary/aromatic N) is 3. The number of rotatable bonds is 5. The minimum absolute atomic E-state index is 0.149. The van der Waals surface area contributed by atoms with Crippen molar-refractivity contribution in [2.24, 2.45) is 17.3 Å². The number of aromatic amines is 1. The molecule has 0 spiro atoms. The smallest absolute Gasteiger partial charge is 0.222 e. The summed E-state index contributed by atoms with van der Waals surface area (Å²) in [5, 5.41) is 18.5. The van der Waals surface area contributed by atoms with Gasteiger partial charge in [-0.1, -0.05) is 25.0 Å². The molecule has 6 heteroatoms. The van der Waals surface area contributed by atoms with Crippen LogP contribution in [0.3, 0.4) is 0 Å². The molecule has 150 valence electrons. The number of hydrogen-bond acceptors (Lipinski definition) is 4. The van der Waals surface area contributed by atoms with Gasteiger partial charge in [-0.15, -0.1) is 0 Å². The van der Waals surface area contributed by atoms with E-state index in [9.17, 15) is 9.90 Å². The first kappa shape index (κ1) is 18.1. The molecule has 1 saturated carbocycles. The van der Waals surface area contributed by atoms with Gasteiger partial charge in [-0.3, -0.25) is 14.8 Å². The van der Waals surface area contributed by atoms with Crippen LogP contribution in [0.4, 0.5) is 0 Å². The number of aromatic nitrogens is 2. The third kappa shape index (κ3) is 3.22. The highest BCUT2D eigenvalue weighted by Gasteiger charge is 2.53. The molecule has 1 aliphatic carbocycles. The molecule has 3 fully saturated rings. The zero-order valence-corrected chi connectivity index (χ0v) is 16.4. The fourth-order valence-electron chi connectivity index (χ4n) is 5.76. The summed E-state index contributed by atoms with van der Waals surface area (Å²) in [4.78, 5) is 17.3. The first-order valence-corrected chi connectivity index (χ1v) is 10.7. The fraction of sp³-hybridized carbons (Fsp3) is 0.636. The standard InChI is InChI=1S/C22H30N4O2/c27-15-22-13-25(10-17-5-6-18-9-23-24-20(18)7-17)11-19(22)12-26(14-22)21(28)8-16-3-1-2-4-16/h5-7,9,16,19,27H,1-4,8,10-15H2,(H,23,24)/t19-,22+/m0/s1. The number of likely N-dealkylation sites (tertiary alicyclic amines) is 2. The highest BCUT2D eigenvalue weighted by atomic mass is 16.3. The Morgan fingerprint density at radius 3 is 2.89 bits per heavy atom. The van der Waals surface area contributed by atoms with Gasteiger partial charge in [0.15, 0.2) is 0 Å². The van der Waals surface area contributed by atoms with E-state index in [1.165, 1.54) is 31.2 Å². The van der Waals surface area contributed by atoms with Crippen LogP contribution in [0.5, 0.6) is 0 Å². The quantitative estimate of drug-likeness (QED) is 0.833. The maximum atomic E-state index is 12.8. The van der Waals surface area contributed by atoms with Crippen LogP contribution in [0.25, 0.3) is 10.9 Å². The third-order valence-electron chi connectivity index (χ3n) is 7.35. The van der Waals surface area contributed by atoms with Crippen molar-refractivity contribution in [3.8, 4) is 0 Å². The average molecular weight is 383 g/mol. The number of hydrogen-bond donors (Lipinski definition) is 2. The SMILES string of the molecule is O=C(CC1CCCC1)N1C[C@@H]2CN(Cc3ccc4cn[nH]c4c3)C[C@]2(CO)C1. The Bertz CT molecular complexity index is 859. The molecule has 1 aromatic carbocycles. The van der Waals surface area contributed by atoms with Crippen molar-refractivity contribution in [2.45, 2.75) is 38.6 Å². The Morgan fingerprint density at radius 2 is 2.11 bits per heavy atom. The molecule has 0 radical (unpaired) electrons. The summed E-state index contributed by atoms with van der Waals surface area (Å²) in [6.07, 6.45) is 7.53. The zero-order valence-electron chi connectivity index (χ0n) is 16.4. The van der Waals surface area contributed by atoms with Crippen LogP contribution in [0.2, 0.25) is 0 Å². The third-order valence-corrected chi connectivity index (χ3v) is 7.35. The van der Waals surface area contributed by atoms with Gasteiger partial charge in [0.25, 0.3) is 0 Å². The molecule has 2 N–H and O–H groups in total. The lowest BCUT2D eigenvalue weighted by Gasteiger charge is -2.28. The maximum absolute atomic E-state index is 12.8. The molecule has 1 amide bonds. The molecule has 2 atom stereocenters. The van der Waals surface area contributed by atoms with E-state index in [0.717, 1.165) is 43.6 Å². The number of carbonyl (C=O) groups excluding carboxylic acids is 1. The van der Waals surface area contributed by atoms with Gasteiger partial charge in [0, 0.05) is 49.9 Å². The second-order valence-corrected chi connectivity index (χ2v) is 9.31. The zero-order chi connectivity index (χ0) is 19.1. The van der Waals surface area contributed by atoms with Crippen LogP contribution >= 0.6 is 0 Å². The minimum Gasteiger partial charge on any atom is -0.396 e. The Kier molecular flexibility index (Phi) is 4.63. The second kappa shape index (κ2) is 7.16. The molecule has 2 aromatic rings. The lowest BCUT2D eigenvalue weighted by molar-refractivity contribution is -0.131. The molecule has 6 nitrogen and oxygen atoms in total. The number of aliphatic hydroxyl groups is 1. The molecule has 0 bridgehead atoms. The van der Waals surface area contributed by atoms with Crippen molar-refractivity contribution in [1.82, 2.24) is 20.0 Å². The number of aliphatic hydroxyl groups excluding tert-OH is 1. The van der Waals surface area contributed by atoms with E-state index >= 15 is 0 Å².